The van der Waals surface area contributed by atoms with Gasteiger partial charge in [-0.3, -0.25) is 4.79 Å². The molecule has 0 aliphatic carbocycles. The van der Waals surface area contributed by atoms with Gasteiger partial charge in [0.2, 0.25) is 5.91 Å². The molecule has 0 heterocycles. The highest BCUT2D eigenvalue weighted by Gasteiger charge is 2.28. The smallest absolute Gasteiger partial charge is 0.329 e. The maximum absolute atomic E-state index is 12.0. The Kier molecular flexibility index (Phi) is 6.96. The molecule has 0 saturated heterocycles. The highest BCUT2D eigenvalue weighted by Crippen LogP contribution is 2.12. The molecular formula is C14H27NO3. The van der Waals surface area contributed by atoms with E-state index in [9.17, 15) is 9.59 Å². The van der Waals surface area contributed by atoms with Crippen molar-refractivity contribution in [1.29, 1.82) is 0 Å². The topological polar surface area (TPSA) is 55.4 Å². The largest absolute Gasteiger partial charge is 0.458 e. The number of carbonyl (C=O) groups is 2. The lowest BCUT2D eigenvalue weighted by atomic mass is 10.0. The molecular weight excluding hydrogens is 230 g/mol. The van der Waals surface area contributed by atoms with Crippen molar-refractivity contribution in [2.24, 2.45) is 5.92 Å². The van der Waals surface area contributed by atoms with Gasteiger partial charge in [-0.05, 0) is 33.1 Å². The predicted molar refractivity (Wildman–Crippen MR) is 72.1 cm³/mol. The first kappa shape index (κ1) is 16.9. The molecule has 0 radical (unpaired) electrons. The van der Waals surface area contributed by atoms with Gasteiger partial charge in [0, 0.05) is 6.42 Å². The number of nitrogens with one attached hydrogen (secondary N) is 1. The molecule has 0 spiro atoms. The summed E-state index contributed by atoms with van der Waals surface area (Å²) in [4.78, 5) is 23.6. The average Bonchev–Trinajstić information content (AvgIpc) is 2.19. The maximum atomic E-state index is 12.0. The minimum absolute atomic E-state index is 0.0189. The second-order valence-electron chi connectivity index (χ2n) is 5.93. The minimum atomic E-state index is -0.561. The van der Waals surface area contributed by atoms with Gasteiger partial charge in [-0.15, -0.1) is 0 Å². The Labute approximate surface area is 110 Å². The molecule has 1 N–H and O–H groups in total. The normalized spacial score (nSPS) is 13.3. The van der Waals surface area contributed by atoms with Crippen molar-refractivity contribution < 1.29 is 14.3 Å². The minimum Gasteiger partial charge on any atom is -0.458 e. The average molecular weight is 257 g/mol. The fourth-order valence-electron chi connectivity index (χ4n) is 1.45. The SMILES string of the molecule is CCCCC(=O)N[C@H](C(=O)OC(C)(C)C)C(C)C. The standard InChI is InChI=1S/C14H27NO3/c1-7-8-9-11(16)15-12(10(2)3)13(17)18-14(4,5)6/h10,12H,7-9H2,1-6H3,(H,15,16)/t12-/m0/s1. The van der Waals surface area contributed by atoms with Crippen LogP contribution in [0.5, 0.6) is 0 Å². The Hall–Kier alpha value is -1.06. The number of hydrogen-bond acceptors (Lipinski definition) is 3. The Morgan fingerprint density at radius 3 is 2.17 bits per heavy atom. The van der Waals surface area contributed by atoms with Crippen molar-refractivity contribution in [1.82, 2.24) is 5.32 Å². The van der Waals surface area contributed by atoms with E-state index < -0.39 is 11.6 Å². The van der Waals surface area contributed by atoms with E-state index in [0.717, 1.165) is 12.8 Å². The number of ether oxygens (including phenoxy) is 1. The summed E-state index contributed by atoms with van der Waals surface area (Å²) in [5.74, 6) is -0.422. The van der Waals surface area contributed by atoms with Crippen molar-refractivity contribution in [3.8, 4) is 0 Å². The van der Waals surface area contributed by atoms with Crippen molar-refractivity contribution in [2.45, 2.75) is 72.4 Å². The monoisotopic (exact) mass is 257 g/mol. The molecule has 0 rings (SSSR count). The summed E-state index contributed by atoms with van der Waals surface area (Å²) < 4.78 is 5.31. The molecule has 18 heavy (non-hydrogen) atoms. The summed E-state index contributed by atoms with van der Waals surface area (Å²) in [5, 5.41) is 2.76. The molecule has 0 aliphatic rings. The van der Waals surface area contributed by atoms with Crippen LogP contribution in [0, 0.1) is 5.92 Å². The molecule has 1 amide bonds. The molecule has 106 valence electrons. The molecule has 0 bridgehead atoms. The lowest BCUT2D eigenvalue weighted by Crippen LogP contribution is -2.47. The van der Waals surface area contributed by atoms with Crippen LogP contribution in [0.25, 0.3) is 0 Å². The molecule has 1 atom stereocenters. The van der Waals surface area contributed by atoms with E-state index in [-0.39, 0.29) is 17.8 Å². The fourth-order valence-corrected chi connectivity index (χ4v) is 1.45. The van der Waals surface area contributed by atoms with Crippen LogP contribution in [0.15, 0.2) is 0 Å². The van der Waals surface area contributed by atoms with Crippen molar-refractivity contribution >= 4 is 11.9 Å². The van der Waals surface area contributed by atoms with Crippen LogP contribution in [0.1, 0.15) is 60.8 Å². The Morgan fingerprint density at radius 1 is 1.22 bits per heavy atom. The van der Waals surface area contributed by atoms with Crippen LogP contribution in [-0.2, 0) is 14.3 Å². The summed E-state index contributed by atoms with van der Waals surface area (Å²) in [7, 11) is 0. The third-order valence-electron chi connectivity index (χ3n) is 2.40. The molecule has 0 fully saturated rings. The first-order valence-corrected chi connectivity index (χ1v) is 6.69. The fraction of sp³-hybridized carbons (Fsp3) is 0.857. The van der Waals surface area contributed by atoms with E-state index in [2.05, 4.69) is 5.32 Å². The zero-order valence-electron chi connectivity index (χ0n) is 12.5. The van der Waals surface area contributed by atoms with Crippen LogP contribution in [0.4, 0.5) is 0 Å². The molecule has 0 aromatic carbocycles. The summed E-state index contributed by atoms with van der Waals surface area (Å²) >= 11 is 0. The maximum Gasteiger partial charge on any atom is 0.329 e. The van der Waals surface area contributed by atoms with E-state index in [4.69, 9.17) is 4.74 Å². The van der Waals surface area contributed by atoms with Gasteiger partial charge in [0.15, 0.2) is 0 Å². The molecule has 0 aromatic rings. The van der Waals surface area contributed by atoms with Gasteiger partial charge in [-0.2, -0.15) is 0 Å². The first-order valence-electron chi connectivity index (χ1n) is 6.69. The van der Waals surface area contributed by atoms with Gasteiger partial charge in [0.05, 0.1) is 0 Å². The van der Waals surface area contributed by atoms with Crippen LogP contribution < -0.4 is 5.32 Å². The Morgan fingerprint density at radius 2 is 1.78 bits per heavy atom. The van der Waals surface area contributed by atoms with Gasteiger partial charge in [-0.25, -0.2) is 4.79 Å². The predicted octanol–water partition coefficient (Wildman–Crippen LogP) is 2.66. The van der Waals surface area contributed by atoms with E-state index in [1.165, 1.54) is 0 Å². The number of amides is 1. The number of esters is 1. The zero-order valence-corrected chi connectivity index (χ0v) is 12.5. The zero-order chi connectivity index (χ0) is 14.3. The van der Waals surface area contributed by atoms with Gasteiger partial charge in [0.1, 0.15) is 11.6 Å². The molecule has 0 unspecified atom stereocenters. The summed E-state index contributed by atoms with van der Waals surface area (Å²) in [6.07, 6.45) is 2.26. The second-order valence-corrected chi connectivity index (χ2v) is 5.93. The van der Waals surface area contributed by atoms with Crippen molar-refractivity contribution in [2.75, 3.05) is 0 Å². The highest BCUT2D eigenvalue weighted by atomic mass is 16.6. The molecule has 0 aromatic heterocycles. The lowest BCUT2D eigenvalue weighted by molar-refractivity contribution is -0.160. The number of rotatable bonds is 6. The summed E-state index contributed by atoms with van der Waals surface area (Å²) in [5.41, 5.74) is -0.529. The van der Waals surface area contributed by atoms with Crippen molar-refractivity contribution in [3.05, 3.63) is 0 Å². The van der Waals surface area contributed by atoms with Gasteiger partial charge >= 0.3 is 5.97 Å². The van der Waals surface area contributed by atoms with Crippen molar-refractivity contribution in [3.63, 3.8) is 0 Å². The number of hydrogen-bond donors (Lipinski definition) is 1. The van der Waals surface area contributed by atoms with Crippen LogP contribution >= 0.6 is 0 Å². The molecule has 4 heteroatoms. The third kappa shape index (κ3) is 7.30. The third-order valence-corrected chi connectivity index (χ3v) is 2.40. The summed E-state index contributed by atoms with van der Waals surface area (Å²) in [6, 6.07) is -0.561. The second kappa shape index (κ2) is 7.39. The Bertz CT molecular complexity index is 279. The van der Waals surface area contributed by atoms with Crippen LogP contribution in [0.3, 0.4) is 0 Å². The van der Waals surface area contributed by atoms with Gasteiger partial charge in [0.25, 0.3) is 0 Å². The van der Waals surface area contributed by atoms with Gasteiger partial charge in [-0.1, -0.05) is 27.2 Å². The number of unbranched alkanes of at least 4 members (excludes halogenated alkanes) is 1. The quantitative estimate of drug-likeness (QED) is 0.744. The lowest BCUT2D eigenvalue weighted by Gasteiger charge is -2.26. The van der Waals surface area contributed by atoms with E-state index in [0.29, 0.717) is 6.42 Å². The Balaban J connectivity index is 4.48. The van der Waals surface area contributed by atoms with Gasteiger partial charge < -0.3 is 10.1 Å². The molecule has 0 saturated carbocycles. The van der Waals surface area contributed by atoms with E-state index in [1.807, 2.05) is 41.5 Å². The van der Waals surface area contributed by atoms with E-state index in [1.54, 1.807) is 0 Å². The van der Waals surface area contributed by atoms with Crippen LogP contribution in [-0.4, -0.2) is 23.5 Å². The highest BCUT2D eigenvalue weighted by molar-refractivity contribution is 5.84. The summed E-state index contributed by atoms with van der Waals surface area (Å²) in [6.45, 7) is 11.3. The van der Waals surface area contributed by atoms with Crippen LogP contribution in [0.2, 0.25) is 0 Å². The molecule has 4 nitrogen and oxygen atoms in total. The molecule has 0 aliphatic heterocycles. The number of carbonyl (C=O) groups excluding carboxylic acids is 2. The first-order chi connectivity index (χ1) is 8.17. The van der Waals surface area contributed by atoms with E-state index >= 15 is 0 Å².